The lowest BCUT2D eigenvalue weighted by Gasteiger charge is -2.15. The predicted octanol–water partition coefficient (Wildman–Crippen LogP) is 5.66. The zero-order valence-electron chi connectivity index (χ0n) is 18.6. The minimum absolute atomic E-state index is 0.101. The number of benzene rings is 3. The quantitative estimate of drug-likeness (QED) is 0.397. The normalized spacial score (nSPS) is 12.4. The third-order valence-electron chi connectivity index (χ3n) is 5.04. The molecule has 0 aliphatic rings. The molecule has 0 amide bonds. The molecule has 0 aromatic heterocycles. The summed E-state index contributed by atoms with van der Waals surface area (Å²) in [5.74, 6) is -0.541. The third-order valence-corrected chi connectivity index (χ3v) is 5.04. The minimum Gasteiger partial charge on any atom is -0.489 e. The summed E-state index contributed by atoms with van der Waals surface area (Å²) in [6, 6.07) is 19.7. The van der Waals surface area contributed by atoms with E-state index in [0.29, 0.717) is 22.4 Å². The fourth-order valence-electron chi connectivity index (χ4n) is 3.50. The lowest BCUT2D eigenvalue weighted by atomic mass is 9.97. The van der Waals surface area contributed by atoms with Crippen molar-refractivity contribution in [3.05, 3.63) is 89.0 Å². The van der Waals surface area contributed by atoms with Crippen LogP contribution in [-0.4, -0.2) is 23.9 Å². The van der Waals surface area contributed by atoms with E-state index in [4.69, 9.17) is 20.3 Å². The maximum Gasteiger partial charge on any atom is 0.411 e. The van der Waals surface area contributed by atoms with Gasteiger partial charge in [-0.15, -0.1) is 0 Å². The molecular formula is C26H26F3NO4. The number of hydrogen-bond donors (Lipinski definition) is 2. The summed E-state index contributed by atoms with van der Waals surface area (Å²) in [4.78, 5) is 11.1. The van der Waals surface area contributed by atoms with E-state index in [2.05, 4.69) is 0 Å². The molecule has 0 saturated heterocycles. The van der Waals surface area contributed by atoms with Crippen LogP contribution in [0.5, 0.6) is 5.75 Å². The maximum absolute atomic E-state index is 12.5. The van der Waals surface area contributed by atoms with Crippen LogP contribution in [0.15, 0.2) is 66.7 Å². The van der Waals surface area contributed by atoms with Gasteiger partial charge in [0.15, 0.2) is 0 Å². The average Bonchev–Trinajstić information content (AvgIpc) is 2.77. The smallest absolute Gasteiger partial charge is 0.411 e. The fraction of sp³-hybridized carbons (Fsp3) is 0.269. The molecule has 0 spiro atoms. The Labute approximate surface area is 195 Å². The fourth-order valence-corrected chi connectivity index (χ4v) is 3.50. The molecule has 5 nitrogen and oxygen atoms in total. The van der Waals surface area contributed by atoms with Crippen LogP contribution in [0.3, 0.4) is 0 Å². The molecule has 8 heteroatoms. The second-order valence-electron chi connectivity index (χ2n) is 8.03. The van der Waals surface area contributed by atoms with E-state index < -0.39 is 18.8 Å². The van der Waals surface area contributed by atoms with E-state index >= 15 is 0 Å². The molecule has 34 heavy (non-hydrogen) atoms. The Balaban J connectivity index is 1.88. The van der Waals surface area contributed by atoms with Crippen molar-refractivity contribution in [2.45, 2.75) is 38.8 Å². The molecule has 0 aliphatic heterocycles. The van der Waals surface area contributed by atoms with Crippen molar-refractivity contribution < 1.29 is 32.5 Å². The standard InChI is InChI=1S/C26H26F3NO4/c1-17(30)20-6-4-7-21(12-20)23-10-18(14-33-16-26(27,28)29)9-19(11-23)15-34-24-8-3-2-5-22(24)13-25(31)32/h2-12,17H,13-16,30H2,1H3,(H,31,32). The van der Waals surface area contributed by atoms with E-state index in [1.165, 1.54) is 0 Å². The number of halogens is 3. The highest BCUT2D eigenvalue weighted by Gasteiger charge is 2.27. The van der Waals surface area contributed by atoms with Gasteiger partial charge in [0.1, 0.15) is 19.0 Å². The molecule has 3 N–H and O–H groups in total. The SMILES string of the molecule is CC(N)c1cccc(-c2cc(COCC(F)(F)F)cc(COc3ccccc3CC(=O)O)c2)c1. The lowest BCUT2D eigenvalue weighted by molar-refractivity contribution is -0.176. The number of para-hydroxylation sites is 1. The van der Waals surface area contributed by atoms with Crippen LogP contribution in [0.4, 0.5) is 13.2 Å². The van der Waals surface area contributed by atoms with Gasteiger partial charge in [0.25, 0.3) is 0 Å². The highest BCUT2D eigenvalue weighted by molar-refractivity contribution is 5.71. The summed E-state index contributed by atoms with van der Waals surface area (Å²) in [5.41, 5.74) is 10.4. The van der Waals surface area contributed by atoms with Gasteiger partial charge in [0, 0.05) is 11.6 Å². The van der Waals surface area contributed by atoms with Crippen LogP contribution in [-0.2, 0) is 29.2 Å². The molecule has 3 aromatic carbocycles. The molecule has 0 bridgehead atoms. The van der Waals surface area contributed by atoms with Crippen molar-refractivity contribution in [2.24, 2.45) is 5.73 Å². The number of carboxylic acid groups (broad SMARTS) is 1. The summed E-state index contributed by atoms with van der Waals surface area (Å²) < 4.78 is 48.4. The van der Waals surface area contributed by atoms with Gasteiger partial charge < -0.3 is 20.3 Å². The number of carbonyl (C=O) groups is 1. The van der Waals surface area contributed by atoms with Gasteiger partial charge in [-0.3, -0.25) is 4.79 Å². The Morgan fingerprint density at radius 2 is 1.68 bits per heavy atom. The Bertz CT molecular complexity index is 1130. The Kier molecular flexibility index (Phi) is 8.31. The van der Waals surface area contributed by atoms with Gasteiger partial charge in [0.2, 0.25) is 0 Å². The average molecular weight is 473 g/mol. The van der Waals surface area contributed by atoms with E-state index in [9.17, 15) is 18.0 Å². The van der Waals surface area contributed by atoms with Crippen LogP contribution < -0.4 is 10.5 Å². The van der Waals surface area contributed by atoms with Gasteiger partial charge >= 0.3 is 12.1 Å². The first-order valence-electron chi connectivity index (χ1n) is 10.7. The molecular weight excluding hydrogens is 447 g/mol. The minimum atomic E-state index is -4.41. The molecule has 0 aliphatic carbocycles. The van der Waals surface area contributed by atoms with Crippen molar-refractivity contribution in [3.8, 4) is 16.9 Å². The Morgan fingerprint density at radius 3 is 2.35 bits per heavy atom. The van der Waals surface area contributed by atoms with Crippen LogP contribution >= 0.6 is 0 Å². The van der Waals surface area contributed by atoms with Crippen molar-refractivity contribution in [3.63, 3.8) is 0 Å². The van der Waals surface area contributed by atoms with Crippen molar-refractivity contribution in [1.29, 1.82) is 0 Å². The summed E-state index contributed by atoms with van der Waals surface area (Å²) in [7, 11) is 0. The van der Waals surface area contributed by atoms with Crippen molar-refractivity contribution in [1.82, 2.24) is 0 Å². The van der Waals surface area contributed by atoms with E-state index in [-0.39, 0.29) is 25.7 Å². The molecule has 3 aromatic rings. The molecule has 180 valence electrons. The zero-order valence-corrected chi connectivity index (χ0v) is 18.6. The maximum atomic E-state index is 12.5. The molecule has 3 rings (SSSR count). The number of aliphatic carboxylic acids is 1. The van der Waals surface area contributed by atoms with Crippen LogP contribution in [0.2, 0.25) is 0 Å². The lowest BCUT2D eigenvalue weighted by Crippen LogP contribution is -2.16. The highest BCUT2D eigenvalue weighted by atomic mass is 19.4. The summed E-state index contributed by atoms with van der Waals surface area (Å²) in [6.07, 6.45) is -4.60. The Morgan fingerprint density at radius 1 is 0.971 bits per heavy atom. The highest BCUT2D eigenvalue weighted by Crippen LogP contribution is 2.27. The third kappa shape index (κ3) is 7.60. The number of nitrogens with two attached hydrogens (primary N) is 1. The zero-order chi connectivity index (χ0) is 24.7. The second-order valence-corrected chi connectivity index (χ2v) is 8.03. The topological polar surface area (TPSA) is 81.8 Å². The van der Waals surface area contributed by atoms with Crippen LogP contribution in [0.1, 0.15) is 35.2 Å². The molecule has 1 unspecified atom stereocenters. The summed E-state index contributed by atoms with van der Waals surface area (Å²) in [5, 5.41) is 9.12. The monoisotopic (exact) mass is 473 g/mol. The van der Waals surface area contributed by atoms with Crippen molar-refractivity contribution >= 4 is 5.97 Å². The van der Waals surface area contributed by atoms with Gasteiger partial charge in [-0.25, -0.2) is 0 Å². The van der Waals surface area contributed by atoms with Gasteiger partial charge in [0.05, 0.1) is 13.0 Å². The molecule has 0 heterocycles. The number of alkyl halides is 3. The molecule has 0 radical (unpaired) electrons. The van der Waals surface area contributed by atoms with E-state index in [0.717, 1.165) is 16.7 Å². The number of carboxylic acids is 1. The van der Waals surface area contributed by atoms with Gasteiger partial charge in [-0.2, -0.15) is 13.2 Å². The van der Waals surface area contributed by atoms with Crippen LogP contribution in [0.25, 0.3) is 11.1 Å². The van der Waals surface area contributed by atoms with E-state index in [1.54, 1.807) is 36.4 Å². The first-order chi connectivity index (χ1) is 16.1. The number of ether oxygens (including phenoxy) is 2. The largest absolute Gasteiger partial charge is 0.489 e. The summed E-state index contributed by atoms with van der Waals surface area (Å²) in [6.45, 7) is 0.410. The number of rotatable bonds is 10. The van der Waals surface area contributed by atoms with E-state index in [1.807, 2.05) is 37.3 Å². The second kappa shape index (κ2) is 11.2. The van der Waals surface area contributed by atoms with Gasteiger partial charge in [-0.05, 0) is 59.0 Å². The first kappa shape index (κ1) is 25.3. The molecule has 0 fully saturated rings. The molecule has 1 atom stereocenters. The number of hydrogen-bond acceptors (Lipinski definition) is 4. The molecule has 0 saturated carbocycles. The predicted molar refractivity (Wildman–Crippen MR) is 122 cm³/mol. The van der Waals surface area contributed by atoms with Crippen LogP contribution in [0, 0.1) is 0 Å². The summed E-state index contributed by atoms with van der Waals surface area (Å²) >= 11 is 0. The van der Waals surface area contributed by atoms with Gasteiger partial charge in [-0.1, -0.05) is 42.5 Å². The Hall–Kier alpha value is -3.36. The van der Waals surface area contributed by atoms with Crippen molar-refractivity contribution in [2.75, 3.05) is 6.61 Å². The first-order valence-corrected chi connectivity index (χ1v) is 10.7.